The van der Waals surface area contributed by atoms with Gasteiger partial charge in [0, 0.05) is 45.4 Å². The first-order valence-corrected chi connectivity index (χ1v) is 10.0. The van der Waals surface area contributed by atoms with Crippen molar-refractivity contribution >= 4 is 33.6 Å². The van der Waals surface area contributed by atoms with Crippen LogP contribution in [-0.4, -0.2) is 59.1 Å². The van der Waals surface area contributed by atoms with Crippen LogP contribution in [0.25, 0.3) is 6.08 Å². The molecular weight excluding hydrogens is 358 g/mol. The standard InChI is InChI=1S/C13H19N3O6S2/c1-8-10(12(19)16-13(20)14-8)3-4-11(18)15-9(5-17)6-24(22)7-23(2)21/h3-4,9,17H,5-7H2,1-2H3,(H,15,18)(H2,14,16,19,20). The number of carbonyl (C=O) groups is 1. The van der Waals surface area contributed by atoms with Gasteiger partial charge in [-0.3, -0.25) is 23.0 Å². The summed E-state index contributed by atoms with van der Waals surface area (Å²) in [6, 6.07) is -0.763. The quantitative estimate of drug-likeness (QED) is 0.383. The highest BCUT2D eigenvalue weighted by molar-refractivity contribution is 8.01. The molecular formula is C13H19N3O6S2. The number of aryl methyl sites for hydroxylation is 1. The van der Waals surface area contributed by atoms with Crippen molar-refractivity contribution < 1.29 is 18.3 Å². The Hall–Kier alpha value is -1.85. The number of carbonyl (C=O) groups excluding carboxylic acids is 1. The molecule has 1 aromatic rings. The maximum atomic E-state index is 11.8. The second-order valence-electron chi connectivity index (χ2n) is 4.97. The Bertz CT molecular complexity index is 783. The highest BCUT2D eigenvalue weighted by Gasteiger charge is 2.14. The third-order valence-corrected chi connectivity index (χ3v) is 5.98. The molecule has 0 aromatic carbocycles. The van der Waals surface area contributed by atoms with Crippen molar-refractivity contribution in [2.24, 2.45) is 0 Å². The number of hydrogen-bond acceptors (Lipinski definition) is 6. The van der Waals surface area contributed by atoms with E-state index < -0.39 is 51.4 Å². The van der Waals surface area contributed by atoms with Gasteiger partial charge in [0.25, 0.3) is 5.56 Å². The first-order valence-electron chi connectivity index (χ1n) is 6.80. The van der Waals surface area contributed by atoms with Gasteiger partial charge in [0.05, 0.1) is 23.3 Å². The minimum atomic E-state index is -1.44. The Kier molecular flexibility index (Phi) is 7.95. The van der Waals surface area contributed by atoms with Gasteiger partial charge in [-0.1, -0.05) is 0 Å². The fraction of sp³-hybridized carbons (Fsp3) is 0.462. The van der Waals surface area contributed by atoms with E-state index in [0.717, 1.165) is 6.08 Å². The Morgan fingerprint density at radius 2 is 2.00 bits per heavy atom. The first-order chi connectivity index (χ1) is 11.2. The molecule has 0 spiro atoms. The molecule has 0 fully saturated rings. The summed E-state index contributed by atoms with van der Waals surface area (Å²) in [6.45, 7) is 1.08. The predicted octanol–water partition coefficient (Wildman–Crippen LogP) is -2.05. The molecule has 0 aliphatic rings. The smallest absolute Gasteiger partial charge is 0.325 e. The van der Waals surface area contributed by atoms with Crippen molar-refractivity contribution in [1.29, 1.82) is 0 Å². The topological polar surface area (TPSA) is 149 Å². The number of hydrogen-bond donors (Lipinski definition) is 4. The molecule has 9 nitrogen and oxygen atoms in total. The summed E-state index contributed by atoms with van der Waals surface area (Å²) in [7, 11) is -2.68. The Morgan fingerprint density at radius 1 is 1.33 bits per heavy atom. The number of aromatic amines is 2. The van der Waals surface area contributed by atoms with Gasteiger partial charge in [0.1, 0.15) is 0 Å². The van der Waals surface area contributed by atoms with Crippen molar-refractivity contribution in [3.8, 4) is 0 Å². The normalized spacial score (nSPS) is 15.1. The van der Waals surface area contributed by atoms with Crippen molar-refractivity contribution in [3.05, 3.63) is 38.2 Å². The van der Waals surface area contributed by atoms with E-state index >= 15 is 0 Å². The van der Waals surface area contributed by atoms with Gasteiger partial charge >= 0.3 is 5.69 Å². The summed E-state index contributed by atoms with van der Waals surface area (Å²) in [5, 5.41) is 11.6. The minimum Gasteiger partial charge on any atom is -0.394 e. The second kappa shape index (κ2) is 9.45. The number of aromatic nitrogens is 2. The van der Waals surface area contributed by atoms with Crippen LogP contribution in [0.5, 0.6) is 0 Å². The van der Waals surface area contributed by atoms with Crippen LogP contribution in [0.4, 0.5) is 0 Å². The fourth-order valence-electron chi connectivity index (χ4n) is 1.82. The summed E-state index contributed by atoms with van der Waals surface area (Å²) in [6.07, 6.45) is 3.71. The van der Waals surface area contributed by atoms with Crippen molar-refractivity contribution in [1.82, 2.24) is 15.3 Å². The average molecular weight is 377 g/mol. The summed E-state index contributed by atoms with van der Waals surface area (Å²) in [5.74, 6) is -0.637. The van der Waals surface area contributed by atoms with Crippen molar-refractivity contribution in [2.75, 3.05) is 23.7 Å². The monoisotopic (exact) mass is 377 g/mol. The summed E-state index contributed by atoms with van der Waals surface area (Å²) < 4.78 is 22.7. The molecule has 4 N–H and O–H groups in total. The highest BCUT2D eigenvalue weighted by Crippen LogP contribution is 1.98. The zero-order valence-corrected chi connectivity index (χ0v) is 14.8. The summed E-state index contributed by atoms with van der Waals surface area (Å²) in [5.41, 5.74) is -0.853. The lowest BCUT2D eigenvalue weighted by atomic mass is 10.2. The van der Waals surface area contributed by atoms with Gasteiger partial charge < -0.3 is 15.4 Å². The third-order valence-electron chi connectivity index (χ3n) is 2.83. The number of aliphatic hydroxyl groups excluding tert-OH is 1. The van der Waals surface area contributed by atoms with Crippen LogP contribution in [0.1, 0.15) is 11.3 Å². The molecule has 0 bridgehead atoms. The molecule has 0 aliphatic heterocycles. The fourth-order valence-corrected chi connectivity index (χ4v) is 4.32. The Balaban J connectivity index is 2.74. The molecule has 1 heterocycles. The lowest BCUT2D eigenvalue weighted by Gasteiger charge is -2.14. The highest BCUT2D eigenvalue weighted by atomic mass is 32.2. The molecule has 0 saturated carbocycles. The predicted molar refractivity (Wildman–Crippen MR) is 92.4 cm³/mol. The molecule has 1 amide bonds. The van der Waals surface area contributed by atoms with E-state index in [-0.39, 0.29) is 16.4 Å². The summed E-state index contributed by atoms with van der Waals surface area (Å²) >= 11 is 0. The van der Waals surface area contributed by atoms with Crippen LogP contribution >= 0.6 is 0 Å². The number of aliphatic hydroxyl groups is 1. The molecule has 0 radical (unpaired) electrons. The number of nitrogens with one attached hydrogen (secondary N) is 3. The van der Waals surface area contributed by atoms with E-state index in [1.54, 1.807) is 0 Å². The average Bonchev–Trinajstić information content (AvgIpc) is 2.44. The number of H-pyrrole nitrogens is 2. The summed E-state index contributed by atoms with van der Waals surface area (Å²) in [4.78, 5) is 39.0. The number of rotatable bonds is 8. The second-order valence-corrected chi connectivity index (χ2v) is 8.27. The van der Waals surface area contributed by atoms with E-state index in [9.17, 15) is 27.9 Å². The number of amides is 1. The van der Waals surface area contributed by atoms with E-state index in [0.29, 0.717) is 5.69 Å². The molecule has 0 saturated heterocycles. The van der Waals surface area contributed by atoms with Gasteiger partial charge in [-0.25, -0.2) is 4.79 Å². The molecule has 3 unspecified atom stereocenters. The van der Waals surface area contributed by atoms with Crippen LogP contribution in [-0.2, 0) is 26.4 Å². The minimum absolute atomic E-state index is 0.0336. The SMILES string of the molecule is Cc1[nH]c(=O)[nH]c(=O)c1C=CC(=O)NC(CO)CS(=O)CS(C)=O. The largest absolute Gasteiger partial charge is 0.394 e. The Morgan fingerprint density at radius 3 is 2.54 bits per heavy atom. The van der Waals surface area contributed by atoms with Crippen LogP contribution in [0, 0.1) is 6.92 Å². The van der Waals surface area contributed by atoms with Crippen LogP contribution in [0.15, 0.2) is 15.7 Å². The van der Waals surface area contributed by atoms with Crippen LogP contribution < -0.4 is 16.6 Å². The molecule has 3 atom stereocenters. The molecule has 11 heteroatoms. The molecule has 1 rings (SSSR count). The van der Waals surface area contributed by atoms with Crippen LogP contribution in [0.2, 0.25) is 0 Å². The van der Waals surface area contributed by atoms with Gasteiger partial charge in [-0.05, 0) is 13.0 Å². The lowest BCUT2D eigenvalue weighted by molar-refractivity contribution is -0.117. The molecule has 134 valence electrons. The van der Waals surface area contributed by atoms with E-state index in [2.05, 4.69) is 10.3 Å². The van der Waals surface area contributed by atoms with E-state index in [1.165, 1.54) is 19.3 Å². The molecule has 0 aliphatic carbocycles. The van der Waals surface area contributed by atoms with E-state index in [1.807, 2.05) is 4.98 Å². The van der Waals surface area contributed by atoms with Crippen molar-refractivity contribution in [3.63, 3.8) is 0 Å². The lowest BCUT2D eigenvalue weighted by Crippen LogP contribution is -2.41. The zero-order valence-electron chi connectivity index (χ0n) is 13.2. The maximum Gasteiger partial charge on any atom is 0.325 e. The Labute approximate surface area is 142 Å². The van der Waals surface area contributed by atoms with Gasteiger partial charge in [-0.15, -0.1) is 0 Å². The van der Waals surface area contributed by atoms with Gasteiger partial charge in [0.15, 0.2) is 0 Å². The molecule has 1 aromatic heterocycles. The van der Waals surface area contributed by atoms with Crippen molar-refractivity contribution in [2.45, 2.75) is 13.0 Å². The van der Waals surface area contributed by atoms with E-state index in [4.69, 9.17) is 0 Å². The van der Waals surface area contributed by atoms with Gasteiger partial charge in [0.2, 0.25) is 5.91 Å². The molecule has 24 heavy (non-hydrogen) atoms. The zero-order chi connectivity index (χ0) is 18.3. The van der Waals surface area contributed by atoms with Gasteiger partial charge in [-0.2, -0.15) is 0 Å². The maximum absolute atomic E-state index is 11.8. The van der Waals surface area contributed by atoms with Crippen LogP contribution in [0.3, 0.4) is 0 Å². The first kappa shape index (κ1) is 20.2. The third kappa shape index (κ3) is 6.72.